The summed E-state index contributed by atoms with van der Waals surface area (Å²) in [6.45, 7) is 1.80. The Morgan fingerprint density at radius 1 is 1.44 bits per heavy atom. The van der Waals surface area contributed by atoms with Crippen molar-refractivity contribution in [3.05, 3.63) is 35.4 Å². The van der Waals surface area contributed by atoms with Crippen LogP contribution in [0.2, 0.25) is 0 Å². The van der Waals surface area contributed by atoms with Gasteiger partial charge in [0.2, 0.25) is 5.91 Å². The van der Waals surface area contributed by atoms with Gasteiger partial charge in [0.25, 0.3) is 0 Å². The first-order valence-electron chi connectivity index (χ1n) is 5.54. The van der Waals surface area contributed by atoms with E-state index >= 15 is 0 Å². The Morgan fingerprint density at radius 3 is 2.67 bits per heavy atom. The number of hydrogen-bond acceptors (Lipinski definition) is 2. The Kier molecular flexibility index (Phi) is 4.72. The molecule has 1 rings (SSSR count). The van der Waals surface area contributed by atoms with E-state index in [2.05, 4.69) is 5.32 Å². The molecule has 0 spiro atoms. The lowest BCUT2D eigenvalue weighted by Crippen LogP contribution is -2.31. The van der Waals surface area contributed by atoms with Crippen molar-refractivity contribution in [3.63, 3.8) is 0 Å². The summed E-state index contributed by atoms with van der Waals surface area (Å²) in [5, 5.41) is 2.54. The van der Waals surface area contributed by atoms with Crippen LogP contribution in [-0.2, 0) is 11.0 Å². The highest BCUT2D eigenvalue weighted by Crippen LogP contribution is 2.30. The number of alkyl halides is 3. The topological polar surface area (TPSA) is 55.1 Å². The summed E-state index contributed by atoms with van der Waals surface area (Å²) >= 11 is 0. The maximum Gasteiger partial charge on any atom is 0.416 e. The molecule has 3 N–H and O–H groups in total. The summed E-state index contributed by atoms with van der Waals surface area (Å²) < 4.78 is 37.5. The average molecular weight is 260 g/mol. The SMILES string of the molecule is CCC(=O)NCC(N)c1cccc(C(F)(F)F)c1. The summed E-state index contributed by atoms with van der Waals surface area (Å²) in [6.07, 6.45) is -4.07. The molecule has 1 aromatic rings. The minimum atomic E-state index is -4.39. The lowest BCUT2D eigenvalue weighted by atomic mass is 10.0. The van der Waals surface area contributed by atoms with E-state index in [0.29, 0.717) is 12.0 Å². The molecular formula is C12H15F3N2O. The van der Waals surface area contributed by atoms with Gasteiger partial charge in [-0.15, -0.1) is 0 Å². The molecule has 0 bridgehead atoms. The standard InChI is InChI=1S/C12H15F3N2O/c1-2-11(18)17-7-10(16)8-4-3-5-9(6-8)12(13,14)15/h3-6,10H,2,7,16H2,1H3,(H,17,18). The first kappa shape index (κ1) is 14.5. The molecule has 0 saturated heterocycles. The summed E-state index contributed by atoms with van der Waals surface area (Å²) in [6, 6.07) is 4.16. The monoisotopic (exact) mass is 260 g/mol. The van der Waals surface area contributed by atoms with Gasteiger partial charge in [0.1, 0.15) is 0 Å². The number of benzene rings is 1. The zero-order chi connectivity index (χ0) is 13.8. The summed E-state index contributed by atoms with van der Waals surface area (Å²) in [5.74, 6) is -0.183. The van der Waals surface area contributed by atoms with Crippen LogP contribution in [0, 0.1) is 0 Å². The summed E-state index contributed by atoms with van der Waals surface area (Å²) in [7, 11) is 0. The zero-order valence-electron chi connectivity index (χ0n) is 9.92. The first-order valence-corrected chi connectivity index (χ1v) is 5.54. The molecule has 0 aromatic heterocycles. The van der Waals surface area contributed by atoms with Gasteiger partial charge in [0, 0.05) is 19.0 Å². The molecule has 0 aliphatic heterocycles. The number of halogens is 3. The van der Waals surface area contributed by atoms with E-state index in [1.54, 1.807) is 6.92 Å². The highest BCUT2D eigenvalue weighted by atomic mass is 19.4. The molecule has 1 aromatic carbocycles. The van der Waals surface area contributed by atoms with E-state index < -0.39 is 17.8 Å². The summed E-state index contributed by atoms with van der Waals surface area (Å²) in [4.78, 5) is 11.0. The molecule has 0 fully saturated rings. The van der Waals surface area contributed by atoms with Crippen molar-refractivity contribution in [2.24, 2.45) is 5.73 Å². The molecule has 1 amide bonds. The number of carbonyl (C=O) groups is 1. The van der Waals surface area contributed by atoms with E-state index in [1.165, 1.54) is 12.1 Å². The molecule has 18 heavy (non-hydrogen) atoms. The van der Waals surface area contributed by atoms with E-state index in [-0.39, 0.29) is 12.5 Å². The first-order chi connectivity index (χ1) is 8.34. The zero-order valence-corrected chi connectivity index (χ0v) is 9.92. The molecule has 0 saturated carbocycles. The maximum atomic E-state index is 12.5. The molecule has 0 aliphatic carbocycles. The Morgan fingerprint density at radius 2 is 2.11 bits per heavy atom. The highest BCUT2D eigenvalue weighted by molar-refractivity contribution is 5.75. The van der Waals surface area contributed by atoms with Crippen molar-refractivity contribution in [1.29, 1.82) is 0 Å². The predicted octanol–water partition coefficient (Wildman–Crippen LogP) is 2.23. The lowest BCUT2D eigenvalue weighted by Gasteiger charge is -2.15. The Balaban J connectivity index is 2.74. The minimum Gasteiger partial charge on any atom is -0.354 e. The quantitative estimate of drug-likeness (QED) is 0.872. The van der Waals surface area contributed by atoms with Crippen molar-refractivity contribution in [3.8, 4) is 0 Å². The predicted molar refractivity (Wildman–Crippen MR) is 61.7 cm³/mol. The Bertz CT molecular complexity index is 418. The number of nitrogens with one attached hydrogen (secondary N) is 1. The number of carbonyl (C=O) groups excluding carboxylic acids is 1. The van der Waals surface area contributed by atoms with Crippen molar-refractivity contribution in [1.82, 2.24) is 5.32 Å². The average Bonchev–Trinajstić information content (AvgIpc) is 2.34. The molecule has 1 unspecified atom stereocenters. The molecule has 6 heteroatoms. The highest BCUT2D eigenvalue weighted by Gasteiger charge is 2.30. The minimum absolute atomic E-state index is 0.119. The molecule has 1 atom stereocenters. The number of nitrogens with two attached hydrogens (primary N) is 1. The lowest BCUT2D eigenvalue weighted by molar-refractivity contribution is -0.137. The van der Waals surface area contributed by atoms with Gasteiger partial charge in [0.05, 0.1) is 5.56 Å². The van der Waals surface area contributed by atoms with E-state index in [1.807, 2.05) is 0 Å². The third kappa shape index (κ3) is 4.03. The van der Waals surface area contributed by atoms with Gasteiger partial charge in [-0.2, -0.15) is 13.2 Å². The van der Waals surface area contributed by atoms with Crippen LogP contribution in [0.3, 0.4) is 0 Å². The van der Waals surface area contributed by atoms with Crippen molar-refractivity contribution in [2.45, 2.75) is 25.6 Å². The van der Waals surface area contributed by atoms with Gasteiger partial charge < -0.3 is 11.1 Å². The molecule has 0 aliphatic rings. The Hall–Kier alpha value is -1.56. The van der Waals surface area contributed by atoms with Gasteiger partial charge in [-0.1, -0.05) is 19.1 Å². The summed E-state index contributed by atoms with van der Waals surface area (Å²) in [5.41, 5.74) is 5.34. The normalized spacial score (nSPS) is 13.2. The smallest absolute Gasteiger partial charge is 0.354 e. The third-order valence-electron chi connectivity index (χ3n) is 2.48. The fourth-order valence-corrected chi connectivity index (χ4v) is 1.41. The molecule has 100 valence electrons. The number of rotatable bonds is 4. The van der Waals surface area contributed by atoms with Crippen LogP contribution in [-0.4, -0.2) is 12.5 Å². The van der Waals surface area contributed by atoms with Crippen LogP contribution in [0.5, 0.6) is 0 Å². The van der Waals surface area contributed by atoms with Gasteiger partial charge in [0.15, 0.2) is 0 Å². The van der Waals surface area contributed by atoms with Crippen LogP contribution in [0.1, 0.15) is 30.5 Å². The van der Waals surface area contributed by atoms with Crippen LogP contribution in [0.25, 0.3) is 0 Å². The van der Waals surface area contributed by atoms with Gasteiger partial charge in [-0.25, -0.2) is 0 Å². The van der Waals surface area contributed by atoms with E-state index in [4.69, 9.17) is 5.73 Å². The van der Waals surface area contributed by atoms with Gasteiger partial charge in [-0.05, 0) is 17.7 Å². The third-order valence-corrected chi connectivity index (χ3v) is 2.48. The molecule has 0 heterocycles. The second-order valence-corrected chi connectivity index (χ2v) is 3.89. The van der Waals surface area contributed by atoms with Gasteiger partial charge >= 0.3 is 6.18 Å². The fourth-order valence-electron chi connectivity index (χ4n) is 1.41. The number of amides is 1. The van der Waals surface area contributed by atoms with Crippen molar-refractivity contribution < 1.29 is 18.0 Å². The van der Waals surface area contributed by atoms with Crippen molar-refractivity contribution in [2.75, 3.05) is 6.54 Å². The van der Waals surface area contributed by atoms with Crippen LogP contribution in [0.4, 0.5) is 13.2 Å². The fraction of sp³-hybridized carbons (Fsp3) is 0.417. The van der Waals surface area contributed by atoms with Crippen LogP contribution in [0.15, 0.2) is 24.3 Å². The van der Waals surface area contributed by atoms with E-state index in [0.717, 1.165) is 12.1 Å². The van der Waals surface area contributed by atoms with Crippen LogP contribution < -0.4 is 11.1 Å². The van der Waals surface area contributed by atoms with E-state index in [9.17, 15) is 18.0 Å². The Labute approximate surface area is 103 Å². The largest absolute Gasteiger partial charge is 0.416 e. The molecule has 3 nitrogen and oxygen atoms in total. The maximum absolute atomic E-state index is 12.5. The molecular weight excluding hydrogens is 245 g/mol. The number of hydrogen-bond donors (Lipinski definition) is 2. The molecule has 0 radical (unpaired) electrons. The second-order valence-electron chi connectivity index (χ2n) is 3.89. The second kappa shape index (κ2) is 5.86. The van der Waals surface area contributed by atoms with Crippen molar-refractivity contribution >= 4 is 5.91 Å². The van der Waals surface area contributed by atoms with Gasteiger partial charge in [-0.3, -0.25) is 4.79 Å². The van der Waals surface area contributed by atoms with Crippen LogP contribution >= 0.6 is 0 Å².